The number of ether oxygens (including phenoxy) is 1. The molecule has 1 aliphatic heterocycles. The van der Waals surface area contributed by atoms with Gasteiger partial charge in [0, 0.05) is 41.9 Å². The number of carbonyl (C=O) groups is 3. The molecule has 0 radical (unpaired) electrons. The van der Waals surface area contributed by atoms with E-state index in [0.29, 0.717) is 49.7 Å². The number of ketones is 1. The third-order valence-corrected chi connectivity index (χ3v) is 6.59. The van der Waals surface area contributed by atoms with Crippen LogP contribution in [0.5, 0.6) is 0 Å². The number of rotatable bonds is 8. The zero-order valence-corrected chi connectivity index (χ0v) is 24.4. The van der Waals surface area contributed by atoms with Crippen molar-refractivity contribution in [3.63, 3.8) is 0 Å². The molecule has 10 nitrogen and oxygen atoms in total. The molecule has 11 heteroatoms. The van der Waals surface area contributed by atoms with E-state index in [0.717, 1.165) is 10.0 Å². The third-order valence-electron chi connectivity index (χ3n) is 6.06. The van der Waals surface area contributed by atoms with Gasteiger partial charge in [-0.15, -0.1) is 5.10 Å². The molecule has 0 spiro atoms. The van der Waals surface area contributed by atoms with Crippen LogP contribution < -0.4 is 5.32 Å². The highest BCUT2D eigenvalue weighted by molar-refractivity contribution is 9.10. The van der Waals surface area contributed by atoms with E-state index >= 15 is 0 Å². The summed E-state index contributed by atoms with van der Waals surface area (Å²) in [6.45, 7) is 8.51. The molecule has 4 rings (SSSR count). The van der Waals surface area contributed by atoms with Crippen molar-refractivity contribution in [2.75, 3.05) is 38.0 Å². The smallest absolute Gasteiger partial charge is 0.410 e. The molecule has 2 aromatic carbocycles. The molecular formula is C29H33BrN6O4. The van der Waals surface area contributed by atoms with E-state index in [-0.39, 0.29) is 24.3 Å². The topological polar surface area (TPSA) is 110 Å². The summed E-state index contributed by atoms with van der Waals surface area (Å²) >= 11 is 3.42. The monoisotopic (exact) mass is 608 g/mol. The molecule has 40 heavy (non-hydrogen) atoms. The number of benzene rings is 2. The highest BCUT2D eigenvalue weighted by Crippen LogP contribution is 2.14. The van der Waals surface area contributed by atoms with Gasteiger partial charge in [-0.25, -0.2) is 9.48 Å². The van der Waals surface area contributed by atoms with Crippen LogP contribution in [0.1, 0.15) is 42.4 Å². The van der Waals surface area contributed by atoms with Gasteiger partial charge in [0.25, 0.3) is 0 Å². The van der Waals surface area contributed by atoms with Crippen molar-refractivity contribution < 1.29 is 19.1 Å². The zero-order valence-electron chi connectivity index (χ0n) is 22.8. The van der Waals surface area contributed by atoms with Crippen LogP contribution in [0.4, 0.5) is 10.5 Å². The van der Waals surface area contributed by atoms with Crippen molar-refractivity contribution in [1.29, 1.82) is 0 Å². The number of piperazine rings is 1. The molecule has 1 aliphatic rings. The molecule has 0 saturated carbocycles. The fourth-order valence-corrected chi connectivity index (χ4v) is 4.30. The van der Waals surface area contributed by atoms with Crippen LogP contribution in [0, 0.1) is 0 Å². The van der Waals surface area contributed by atoms with Gasteiger partial charge in [-0.3, -0.25) is 14.5 Å². The molecule has 1 N–H and O–H groups in total. The number of carbonyl (C=O) groups excluding carboxylic acids is 3. The number of allylic oxidation sites excluding steroid dienone is 1. The van der Waals surface area contributed by atoms with Gasteiger partial charge in [0.05, 0.1) is 19.3 Å². The Bertz CT molecular complexity index is 1350. The predicted molar refractivity (Wildman–Crippen MR) is 156 cm³/mol. The summed E-state index contributed by atoms with van der Waals surface area (Å²) in [4.78, 5) is 41.0. The quantitative estimate of drug-likeness (QED) is 0.297. The van der Waals surface area contributed by atoms with Crippen molar-refractivity contribution in [2.24, 2.45) is 0 Å². The first-order chi connectivity index (χ1) is 19.0. The fourth-order valence-electron chi connectivity index (χ4n) is 4.04. The molecule has 1 saturated heterocycles. The number of anilines is 1. The van der Waals surface area contributed by atoms with Crippen LogP contribution in [0.15, 0.2) is 65.3 Å². The first kappa shape index (κ1) is 29.2. The molecule has 1 fully saturated rings. The molecule has 3 aromatic rings. The Morgan fingerprint density at radius 2 is 1.68 bits per heavy atom. The number of nitrogens with zero attached hydrogens (tertiary/aromatic N) is 5. The molecule has 0 bridgehead atoms. The Morgan fingerprint density at radius 1 is 1.00 bits per heavy atom. The summed E-state index contributed by atoms with van der Waals surface area (Å²) in [6.07, 6.45) is 4.54. The minimum absolute atomic E-state index is 0.157. The van der Waals surface area contributed by atoms with Crippen LogP contribution in [-0.4, -0.2) is 80.9 Å². The number of hydrogen-bond donors (Lipinski definition) is 1. The molecule has 210 valence electrons. The second-order valence-electron chi connectivity index (χ2n) is 10.5. The van der Waals surface area contributed by atoms with Crippen LogP contribution in [0.2, 0.25) is 0 Å². The van der Waals surface area contributed by atoms with E-state index in [1.54, 1.807) is 46.1 Å². The maximum Gasteiger partial charge on any atom is 0.410 e. The molecule has 0 atom stereocenters. The average Bonchev–Trinajstić information content (AvgIpc) is 3.35. The van der Waals surface area contributed by atoms with Crippen molar-refractivity contribution >= 4 is 45.5 Å². The lowest BCUT2D eigenvalue weighted by Gasteiger charge is -2.35. The second kappa shape index (κ2) is 13.0. The van der Waals surface area contributed by atoms with Crippen LogP contribution in [0.3, 0.4) is 0 Å². The van der Waals surface area contributed by atoms with Crippen molar-refractivity contribution in [3.05, 3.63) is 82.1 Å². The zero-order chi connectivity index (χ0) is 28.7. The van der Waals surface area contributed by atoms with E-state index in [4.69, 9.17) is 4.74 Å². The number of aromatic nitrogens is 3. The van der Waals surface area contributed by atoms with Crippen LogP contribution >= 0.6 is 15.9 Å². The number of hydrogen-bond acceptors (Lipinski definition) is 7. The largest absolute Gasteiger partial charge is 0.444 e. The van der Waals surface area contributed by atoms with Gasteiger partial charge in [0.15, 0.2) is 5.78 Å². The lowest BCUT2D eigenvalue weighted by molar-refractivity contribution is -0.117. The van der Waals surface area contributed by atoms with Gasteiger partial charge in [0.2, 0.25) is 5.91 Å². The fraction of sp³-hybridized carbons (Fsp3) is 0.345. The number of nitrogens with one attached hydrogen (secondary N) is 1. The summed E-state index contributed by atoms with van der Waals surface area (Å²) < 4.78 is 8.14. The molecule has 0 unspecified atom stereocenters. The lowest BCUT2D eigenvalue weighted by Crippen LogP contribution is -2.51. The first-order valence-corrected chi connectivity index (χ1v) is 13.8. The Kier molecular flexibility index (Phi) is 9.49. The summed E-state index contributed by atoms with van der Waals surface area (Å²) in [5.41, 5.74) is 2.24. The Labute approximate surface area is 242 Å². The van der Waals surface area contributed by atoms with Gasteiger partial charge < -0.3 is 15.0 Å². The Balaban J connectivity index is 1.22. The maximum absolute atomic E-state index is 12.6. The maximum atomic E-state index is 12.6. The summed E-state index contributed by atoms with van der Waals surface area (Å²) in [6, 6.07) is 14.7. The van der Waals surface area contributed by atoms with Crippen molar-refractivity contribution in [3.8, 4) is 0 Å². The van der Waals surface area contributed by atoms with Gasteiger partial charge in [-0.1, -0.05) is 33.3 Å². The molecular weight excluding hydrogens is 576 g/mol. The lowest BCUT2D eigenvalue weighted by atomic mass is 10.1. The number of halogens is 1. The van der Waals surface area contributed by atoms with E-state index in [1.807, 2.05) is 49.9 Å². The molecule has 2 amide bonds. The van der Waals surface area contributed by atoms with Crippen LogP contribution in [0.25, 0.3) is 6.08 Å². The van der Waals surface area contributed by atoms with E-state index in [2.05, 4.69) is 31.6 Å². The predicted octanol–water partition coefficient (Wildman–Crippen LogP) is 4.48. The first-order valence-electron chi connectivity index (χ1n) is 13.0. The van der Waals surface area contributed by atoms with E-state index < -0.39 is 5.60 Å². The highest BCUT2D eigenvalue weighted by Gasteiger charge is 2.26. The minimum atomic E-state index is -0.535. The summed E-state index contributed by atoms with van der Waals surface area (Å²) in [5.74, 6) is -0.334. The highest BCUT2D eigenvalue weighted by atomic mass is 79.9. The SMILES string of the molecule is CC(C)(C)OC(=O)N1CCN(CC(=O)Nc2ccc(C(=O)/C=C/c3cn(Cc4ccc(Br)cc4)nn3)cc2)CC1. The Morgan fingerprint density at radius 3 is 2.33 bits per heavy atom. The molecule has 2 heterocycles. The van der Waals surface area contributed by atoms with Crippen molar-refractivity contribution in [2.45, 2.75) is 32.9 Å². The normalized spacial score (nSPS) is 14.3. The number of amides is 2. The summed E-state index contributed by atoms with van der Waals surface area (Å²) in [5, 5.41) is 11.1. The van der Waals surface area contributed by atoms with Gasteiger partial charge in [0.1, 0.15) is 11.3 Å². The molecule has 0 aliphatic carbocycles. The molecule has 1 aromatic heterocycles. The van der Waals surface area contributed by atoms with Gasteiger partial charge >= 0.3 is 6.09 Å². The van der Waals surface area contributed by atoms with Gasteiger partial charge in [-0.2, -0.15) is 0 Å². The van der Waals surface area contributed by atoms with Crippen molar-refractivity contribution in [1.82, 2.24) is 24.8 Å². The second-order valence-corrected chi connectivity index (χ2v) is 11.4. The Hall–Kier alpha value is -3.83. The third kappa shape index (κ3) is 8.85. The van der Waals surface area contributed by atoms with E-state index in [9.17, 15) is 14.4 Å². The van der Waals surface area contributed by atoms with Crippen LogP contribution in [-0.2, 0) is 16.1 Å². The standard InChI is InChI=1S/C29H33BrN6O4/c1-29(2,3)40-28(39)35-16-14-34(15-17-35)20-27(38)31-24-10-6-22(7-11-24)26(37)13-12-25-19-36(33-32-25)18-21-4-8-23(30)9-5-21/h4-13,19H,14-18,20H2,1-3H3,(H,31,38)/b13-12+. The van der Waals surface area contributed by atoms with E-state index in [1.165, 1.54) is 6.08 Å². The average molecular weight is 610 g/mol. The van der Waals surface area contributed by atoms with Gasteiger partial charge in [-0.05, 0) is 74.9 Å². The summed E-state index contributed by atoms with van der Waals surface area (Å²) in [7, 11) is 0. The minimum Gasteiger partial charge on any atom is -0.444 e.